The van der Waals surface area contributed by atoms with Crippen LogP contribution in [0.15, 0.2) is 12.1 Å². The minimum atomic E-state index is -0.945. The number of aliphatic hydroxyl groups is 1. The summed E-state index contributed by atoms with van der Waals surface area (Å²) in [6, 6.07) is 3.04. The lowest BCUT2D eigenvalue weighted by Gasteiger charge is -2.24. The number of aliphatic hydroxyl groups excluding tert-OH is 1. The van der Waals surface area contributed by atoms with Crippen molar-refractivity contribution < 1.29 is 19.6 Å². The molecule has 0 aliphatic carbocycles. The minimum Gasteiger partial charge on any atom is -0.487 e. The summed E-state index contributed by atoms with van der Waals surface area (Å²) < 4.78 is 5.67. The first kappa shape index (κ1) is 22.1. The molecule has 0 spiro atoms. The van der Waals surface area contributed by atoms with Crippen molar-refractivity contribution in [3.8, 4) is 5.75 Å². The molecule has 8 nitrogen and oxygen atoms in total. The Morgan fingerprint density at radius 1 is 1.32 bits per heavy atom. The van der Waals surface area contributed by atoms with Crippen LogP contribution in [-0.2, 0) is 4.79 Å². The number of nitrogens with two attached hydrogens (primary N) is 1. The Morgan fingerprint density at radius 3 is 2.57 bits per heavy atom. The third kappa shape index (κ3) is 5.90. The highest BCUT2D eigenvalue weighted by Crippen LogP contribution is 2.36. The van der Waals surface area contributed by atoms with Gasteiger partial charge in [0.25, 0.3) is 0 Å². The van der Waals surface area contributed by atoms with Gasteiger partial charge in [-0.3, -0.25) is 19.8 Å². The number of hydrogen-bond acceptors (Lipinski definition) is 6. The summed E-state index contributed by atoms with van der Waals surface area (Å²) in [6.45, 7) is 5.51. The van der Waals surface area contributed by atoms with Crippen LogP contribution >= 0.6 is 0 Å². The lowest BCUT2D eigenvalue weighted by molar-refractivity contribution is -0.387. The number of nitrogens with zero attached hydrogens (tertiary/aromatic N) is 2. The fourth-order valence-electron chi connectivity index (χ4n) is 3.75. The van der Waals surface area contributed by atoms with E-state index < -0.39 is 11.0 Å². The number of carbonyl (C=O) groups excluding carboxylic acids is 1. The van der Waals surface area contributed by atoms with Gasteiger partial charge in [0.05, 0.1) is 29.2 Å². The van der Waals surface area contributed by atoms with Gasteiger partial charge < -0.3 is 15.6 Å². The lowest BCUT2D eigenvalue weighted by Crippen LogP contribution is -2.43. The Labute approximate surface area is 165 Å². The van der Waals surface area contributed by atoms with E-state index in [1.54, 1.807) is 12.1 Å². The molecule has 0 radical (unpaired) electrons. The molecule has 3 N–H and O–H groups in total. The van der Waals surface area contributed by atoms with Gasteiger partial charge in [-0.15, -0.1) is 0 Å². The number of benzene rings is 1. The zero-order valence-corrected chi connectivity index (χ0v) is 16.7. The third-order valence-corrected chi connectivity index (χ3v) is 5.17. The molecule has 0 aromatic heterocycles. The van der Waals surface area contributed by atoms with Gasteiger partial charge in [-0.25, -0.2) is 0 Å². The molecule has 1 aromatic carbocycles. The van der Waals surface area contributed by atoms with E-state index in [9.17, 15) is 20.0 Å². The standard InChI is InChI=1S/C20H31N3O5/c1-14-12-16(15(2)24)19(23(26)27)18(13-14)28-11-7-3-4-8-17(20(21)25)22-9-5-6-10-22/h12-13,15,17,24H,3-11H2,1-2H3,(H2,21,25). The van der Waals surface area contributed by atoms with Crippen molar-refractivity contribution in [2.24, 2.45) is 5.73 Å². The molecular weight excluding hydrogens is 362 g/mol. The molecule has 1 aromatic rings. The number of carbonyl (C=O) groups is 1. The van der Waals surface area contributed by atoms with Crippen molar-refractivity contribution >= 4 is 11.6 Å². The molecule has 1 aliphatic heterocycles. The van der Waals surface area contributed by atoms with Gasteiger partial charge in [-0.2, -0.15) is 0 Å². The van der Waals surface area contributed by atoms with Gasteiger partial charge in [-0.1, -0.05) is 6.42 Å². The smallest absolute Gasteiger partial charge is 0.316 e. The first-order valence-electron chi connectivity index (χ1n) is 9.94. The predicted octanol–water partition coefficient (Wildman–Crippen LogP) is 2.85. The van der Waals surface area contributed by atoms with E-state index in [0.717, 1.165) is 57.2 Å². The molecule has 1 amide bonds. The predicted molar refractivity (Wildman–Crippen MR) is 106 cm³/mol. The first-order valence-corrected chi connectivity index (χ1v) is 9.94. The molecular formula is C20H31N3O5. The average molecular weight is 393 g/mol. The van der Waals surface area contributed by atoms with E-state index >= 15 is 0 Å². The summed E-state index contributed by atoms with van der Waals surface area (Å²) in [6.07, 6.45) is 4.43. The van der Waals surface area contributed by atoms with Crippen molar-refractivity contribution in [3.05, 3.63) is 33.4 Å². The molecule has 2 unspecified atom stereocenters. The van der Waals surface area contributed by atoms with Gasteiger partial charge in [0, 0.05) is 0 Å². The van der Waals surface area contributed by atoms with Gasteiger partial charge >= 0.3 is 5.69 Å². The Kier molecular flexibility index (Phi) is 8.19. The quantitative estimate of drug-likeness (QED) is 0.339. The minimum absolute atomic E-state index is 0.177. The van der Waals surface area contributed by atoms with Crippen LogP contribution in [-0.4, -0.2) is 46.6 Å². The first-order chi connectivity index (χ1) is 13.3. The maximum atomic E-state index is 11.7. The molecule has 2 rings (SSSR count). The summed E-state index contributed by atoms with van der Waals surface area (Å²) in [5.41, 5.74) is 6.42. The number of rotatable bonds is 11. The van der Waals surface area contributed by atoms with Crippen LogP contribution in [0.3, 0.4) is 0 Å². The molecule has 1 fully saturated rings. The van der Waals surface area contributed by atoms with Gasteiger partial charge in [0.1, 0.15) is 0 Å². The zero-order valence-electron chi connectivity index (χ0n) is 16.7. The summed E-state index contributed by atoms with van der Waals surface area (Å²) in [5.74, 6) is -0.0767. The van der Waals surface area contributed by atoms with Crippen LogP contribution in [0.1, 0.15) is 62.7 Å². The Morgan fingerprint density at radius 2 is 2.00 bits per heavy atom. The van der Waals surface area contributed by atoms with Crippen molar-refractivity contribution in [2.75, 3.05) is 19.7 Å². The van der Waals surface area contributed by atoms with Gasteiger partial charge in [-0.05, 0) is 76.7 Å². The molecule has 1 saturated heterocycles. The monoisotopic (exact) mass is 393 g/mol. The van der Waals surface area contributed by atoms with Crippen molar-refractivity contribution in [1.82, 2.24) is 4.90 Å². The van der Waals surface area contributed by atoms with Crippen LogP contribution in [0.4, 0.5) is 5.69 Å². The number of hydrogen-bond donors (Lipinski definition) is 2. The number of ether oxygens (including phenoxy) is 1. The molecule has 0 saturated carbocycles. The summed E-state index contributed by atoms with van der Waals surface area (Å²) in [4.78, 5) is 24.8. The van der Waals surface area contributed by atoms with E-state index in [-0.39, 0.29) is 28.9 Å². The van der Waals surface area contributed by atoms with Crippen molar-refractivity contribution in [3.63, 3.8) is 0 Å². The van der Waals surface area contributed by atoms with Crippen LogP contribution in [0, 0.1) is 17.0 Å². The number of nitro benzene ring substituents is 1. The SMILES string of the molecule is Cc1cc(OCCCCCC(C(N)=O)N2CCCC2)c([N+](=O)[O-])c(C(C)O)c1. The van der Waals surface area contributed by atoms with Crippen LogP contribution < -0.4 is 10.5 Å². The van der Waals surface area contributed by atoms with E-state index in [2.05, 4.69) is 4.90 Å². The Balaban J connectivity index is 1.85. The largest absolute Gasteiger partial charge is 0.487 e. The maximum absolute atomic E-state index is 11.7. The fraction of sp³-hybridized carbons (Fsp3) is 0.650. The van der Waals surface area contributed by atoms with Gasteiger partial charge in [0.15, 0.2) is 5.75 Å². The van der Waals surface area contributed by atoms with Crippen LogP contribution in [0.25, 0.3) is 0 Å². The number of amides is 1. The number of aryl methyl sites for hydroxylation is 1. The Hall–Kier alpha value is -2.19. The van der Waals surface area contributed by atoms with E-state index in [1.807, 2.05) is 6.92 Å². The van der Waals surface area contributed by atoms with Crippen LogP contribution in [0.2, 0.25) is 0 Å². The summed E-state index contributed by atoms with van der Waals surface area (Å²) in [5, 5.41) is 21.3. The molecule has 156 valence electrons. The number of unbranched alkanes of at least 4 members (excludes halogenated alkanes) is 2. The second kappa shape index (κ2) is 10.4. The number of likely N-dealkylation sites (tertiary alicyclic amines) is 1. The molecule has 1 heterocycles. The zero-order chi connectivity index (χ0) is 20.7. The highest BCUT2D eigenvalue weighted by atomic mass is 16.6. The third-order valence-electron chi connectivity index (χ3n) is 5.17. The second-order valence-electron chi connectivity index (χ2n) is 7.49. The second-order valence-corrected chi connectivity index (χ2v) is 7.49. The van der Waals surface area contributed by atoms with Gasteiger partial charge in [0.2, 0.25) is 5.91 Å². The molecule has 8 heteroatoms. The van der Waals surface area contributed by atoms with E-state index in [1.165, 1.54) is 6.92 Å². The summed E-state index contributed by atoms with van der Waals surface area (Å²) in [7, 11) is 0. The van der Waals surface area contributed by atoms with E-state index in [0.29, 0.717) is 6.61 Å². The Bertz CT molecular complexity index is 687. The summed E-state index contributed by atoms with van der Waals surface area (Å²) >= 11 is 0. The molecule has 28 heavy (non-hydrogen) atoms. The average Bonchev–Trinajstić information content (AvgIpc) is 3.13. The highest BCUT2D eigenvalue weighted by molar-refractivity contribution is 5.79. The number of nitro groups is 1. The maximum Gasteiger partial charge on any atom is 0.316 e. The fourth-order valence-corrected chi connectivity index (χ4v) is 3.75. The van der Waals surface area contributed by atoms with Crippen molar-refractivity contribution in [2.45, 2.75) is 64.5 Å². The molecule has 0 bridgehead atoms. The lowest BCUT2D eigenvalue weighted by atomic mass is 10.0. The topological polar surface area (TPSA) is 119 Å². The van der Waals surface area contributed by atoms with E-state index in [4.69, 9.17) is 10.5 Å². The highest BCUT2D eigenvalue weighted by Gasteiger charge is 2.26. The van der Waals surface area contributed by atoms with Crippen LogP contribution in [0.5, 0.6) is 5.75 Å². The number of primary amides is 1. The molecule has 2 atom stereocenters. The normalized spacial score (nSPS) is 16.7. The molecule has 1 aliphatic rings. The van der Waals surface area contributed by atoms with Crippen molar-refractivity contribution in [1.29, 1.82) is 0 Å².